The van der Waals surface area contributed by atoms with Crippen molar-refractivity contribution >= 4 is 63.7 Å². The highest BCUT2D eigenvalue weighted by molar-refractivity contribution is 6.53. The van der Waals surface area contributed by atoms with Crippen molar-refractivity contribution in [2.24, 2.45) is 5.92 Å². The summed E-state index contributed by atoms with van der Waals surface area (Å²) in [4.78, 5) is 25.5. The Hall–Kier alpha value is -3.22. The van der Waals surface area contributed by atoms with Crippen molar-refractivity contribution < 1.29 is 40.3 Å². The van der Waals surface area contributed by atoms with Gasteiger partial charge in [0.25, 0.3) is 5.91 Å². The molecule has 39 heavy (non-hydrogen) atoms. The molecule has 206 valence electrons. The van der Waals surface area contributed by atoms with Gasteiger partial charge in [0.15, 0.2) is 5.82 Å². The number of alkyl halides is 5. The van der Waals surface area contributed by atoms with Gasteiger partial charge in [-0.25, -0.2) is 17.6 Å². The number of carbonyl (C=O) groups excluding carboxylic acids is 2. The number of amides is 2. The Morgan fingerprint density at radius 1 is 0.897 bits per heavy atom. The Balaban J connectivity index is 1.58. The van der Waals surface area contributed by atoms with Gasteiger partial charge < -0.3 is 16.4 Å². The van der Waals surface area contributed by atoms with Crippen LogP contribution in [0.5, 0.6) is 0 Å². The van der Waals surface area contributed by atoms with Gasteiger partial charge >= 0.3 is 6.18 Å². The second-order valence-corrected chi connectivity index (χ2v) is 10.3. The number of benzene rings is 3. The third kappa shape index (κ3) is 5.45. The Morgan fingerprint density at radius 2 is 1.54 bits per heavy atom. The molecule has 0 bridgehead atoms. The van der Waals surface area contributed by atoms with Crippen LogP contribution < -0.4 is 16.4 Å². The zero-order chi connectivity index (χ0) is 29.0. The molecular weight excluding hydrogens is 602 g/mol. The van der Waals surface area contributed by atoms with Gasteiger partial charge in [0.05, 0.1) is 27.8 Å². The van der Waals surface area contributed by atoms with Crippen LogP contribution in [0.3, 0.4) is 0 Å². The van der Waals surface area contributed by atoms with Crippen molar-refractivity contribution in [1.29, 1.82) is 0 Å². The minimum Gasteiger partial charge on any atom is -0.396 e. The average molecular weight is 615 g/mol. The van der Waals surface area contributed by atoms with E-state index in [9.17, 15) is 40.3 Å². The van der Waals surface area contributed by atoms with Crippen molar-refractivity contribution in [2.45, 2.75) is 16.4 Å². The van der Waals surface area contributed by atoms with E-state index < -0.39 is 85.0 Å². The van der Waals surface area contributed by atoms with Gasteiger partial charge in [0.1, 0.15) is 27.5 Å². The quantitative estimate of drug-likeness (QED) is 0.161. The summed E-state index contributed by atoms with van der Waals surface area (Å²) < 4.78 is 93.8. The molecule has 1 aliphatic carbocycles. The van der Waals surface area contributed by atoms with Crippen LogP contribution in [0, 0.1) is 29.2 Å². The Morgan fingerprint density at radius 3 is 2.18 bits per heavy atom. The van der Waals surface area contributed by atoms with Crippen molar-refractivity contribution in [3.63, 3.8) is 0 Å². The molecule has 2 amide bonds. The van der Waals surface area contributed by atoms with Crippen LogP contribution in [-0.4, -0.2) is 16.1 Å². The molecule has 1 saturated carbocycles. The number of halogens is 10. The summed E-state index contributed by atoms with van der Waals surface area (Å²) in [5.74, 6) is -10.0. The van der Waals surface area contributed by atoms with Crippen LogP contribution in [-0.2, 0) is 11.0 Å². The van der Waals surface area contributed by atoms with Crippen LogP contribution in [0.25, 0.3) is 0 Å². The molecule has 0 aliphatic heterocycles. The van der Waals surface area contributed by atoms with E-state index in [0.29, 0.717) is 18.2 Å². The number of carbonyl (C=O) groups is 2. The zero-order valence-electron chi connectivity index (χ0n) is 18.9. The average Bonchev–Trinajstić information content (AvgIpc) is 3.42. The first-order valence-corrected chi connectivity index (χ1v) is 11.8. The predicted molar refractivity (Wildman–Crippen MR) is 131 cm³/mol. The third-order valence-electron chi connectivity index (χ3n) is 5.89. The molecular formula is C24H13Cl3F7N3O2. The fourth-order valence-corrected chi connectivity index (χ4v) is 4.95. The number of nitrogen functional groups attached to an aromatic ring is 1. The predicted octanol–water partition coefficient (Wildman–Crippen LogP) is 7.28. The summed E-state index contributed by atoms with van der Waals surface area (Å²) in [6.07, 6.45) is -5.02. The number of hydrogen-bond acceptors (Lipinski definition) is 3. The van der Waals surface area contributed by atoms with Gasteiger partial charge in [-0.15, -0.1) is 23.2 Å². The molecule has 0 radical (unpaired) electrons. The SMILES string of the molecule is Nc1ccc(F)c(NC(=O)c2cc(NC(=O)[C@H]3[C@H](c4ccc(F)c(C(F)(F)F)c4)C3(Cl)Cl)cc(F)c2Cl)c1F. The first-order chi connectivity index (χ1) is 18.0. The minimum atomic E-state index is -5.02. The summed E-state index contributed by atoms with van der Waals surface area (Å²) in [5.41, 5.74) is 1.17. The number of anilines is 3. The largest absolute Gasteiger partial charge is 0.419 e. The number of nitrogens with one attached hydrogen (secondary N) is 2. The Kier molecular flexibility index (Phi) is 7.43. The first-order valence-electron chi connectivity index (χ1n) is 10.6. The minimum absolute atomic E-state index is 0.178. The summed E-state index contributed by atoms with van der Waals surface area (Å²) in [6, 6.07) is 5.30. The lowest BCUT2D eigenvalue weighted by molar-refractivity contribution is -0.140. The van der Waals surface area contributed by atoms with Gasteiger partial charge in [0.2, 0.25) is 5.91 Å². The van der Waals surface area contributed by atoms with E-state index in [1.54, 1.807) is 0 Å². The molecule has 1 aliphatic rings. The highest BCUT2D eigenvalue weighted by atomic mass is 35.5. The summed E-state index contributed by atoms with van der Waals surface area (Å²) >= 11 is 18.1. The molecule has 1 fully saturated rings. The summed E-state index contributed by atoms with van der Waals surface area (Å²) in [6.45, 7) is 0. The van der Waals surface area contributed by atoms with Gasteiger partial charge in [-0.05, 0) is 42.0 Å². The fourth-order valence-electron chi connectivity index (χ4n) is 3.93. The van der Waals surface area contributed by atoms with Gasteiger partial charge in [-0.2, -0.15) is 13.2 Å². The molecule has 0 aromatic heterocycles. The monoisotopic (exact) mass is 613 g/mol. The normalized spacial score (nSPS) is 18.0. The lowest BCUT2D eigenvalue weighted by Gasteiger charge is -2.13. The van der Waals surface area contributed by atoms with Gasteiger partial charge in [0, 0.05) is 11.6 Å². The molecule has 0 unspecified atom stereocenters. The summed E-state index contributed by atoms with van der Waals surface area (Å²) in [5, 5.41) is 3.35. The lowest BCUT2D eigenvalue weighted by Crippen LogP contribution is -2.19. The summed E-state index contributed by atoms with van der Waals surface area (Å²) in [7, 11) is 0. The first kappa shape index (κ1) is 28.8. The van der Waals surface area contributed by atoms with E-state index in [-0.39, 0.29) is 11.3 Å². The van der Waals surface area contributed by atoms with Crippen molar-refractivity contribution in [3.8, 4) is 0 Å². The molecule has 0 saturated heterocycles. The molecule has 3 aromatic carbocycles. The smallest absolute Gasteiger partial charge is 0.396 e. The van der Waals surface area contributed by atoms with Crippen LogP contribution in [0.2, 0.25) is 5.02 Å². The van der Waals surface area contributed by atoms with Crippen molar-refractivity contribution in [1.82, 2.24) is 0 Å². The standard InChI is InChI=1S/C24H13Cl3F7N3O2/c25-18-10(21(38)37-20-13(29)3-4-15(35)19(20)31)6-9(7-14(18)30)36-22(39)17-16(23(17,26)27)8-1-2-12(28)11(5-8)24(32,33)34/h1-7,16-17H,35H2,(H,36,39)(H,37,38)/t16-,17+/m0/s1. The maximum atomic E-state index is 14.5. The zero-order valence-corrected chi connectivity index (χ0v) is 21.1. The third-order valence-corrected chi connectivity index (χ3v) is 7.22. The molecule has 5 nitrogen and oxygen atoms in total. The van der Waals surface area contributed by atoms with E-state index in [1.807, 2.05) is 5.32 Å². The molecule has 4 rings (SSSR count). The maximum Gasteiger partial charge on any atom is 0.419 e. The Labute approximate surface area is 230 Å². The van der Waals surface area contributed by atoms with Gasteiger partial charge in [-0.1, -0.05) is 17.7 Å². The number of hydrogen-bond donors (Lipinski definition) is 3. The molecule has 0 spiro atoms. The lowest BCUT2D eigenvalue weighted by atomic mass is 10.0. The van der Waals surface area contributed by atoms with Gasteiger partial charge in [-0.3, -0.25) is 9.59 Å². The van der Waals surface area contributed by atoms with Crippen LogP contribution >= 0.6 is 34.8 Å². The van der Waals surface area contributed by atoms with E-state index >= 15 is 0 Å². The maximum absolute atomic E-state index is 14.5. The molecule has 15 heteroatoms. The second kappa shape index (κ2) is 10.1. The van der Waals surface area contributed by atoms with Crippen LogP contribution in [0.4, 0.5) is 47.8 Å². The van der Waals surface area contributed by atoms with E-state index in [1.165, 1.54) is 0 Å². The van der Waals surface area contributed by atoms with Crippen LogP contribution in [0.1, 0.15) is 27.4 Å². The molecule has 0 heterocycles. The van der Waals surface area contributed by atoms with Crippen molar-refractivity contribution in [2.75, 3.05) is 16.4 Å². The Bertz CT molecular complexity index is 1520. The van der Waals surface area contributed by atoms with E-state index in [4.69, 9.17) is 40.5 Å². The van der Waals surface area contributed by atoms with Crippen LogP contribution in [0.15, 0.2) is 42.5 Å². The highest BCUT2D eigenvalue weighted by Crippen LogP contribution is 2.65. The van der Waals surface area contributed by atoms with E-state index in [2.05, 4.69) is 5.32 Å². The topological polar surface area (TPSA) is 84.2 Å². The number of nitrogens with two attached hydrogens (primary N) is 1. The van der Waals surface area contributed by atoms with Crippen molar-refractivity contribution in [3.05, 3.63) is 87.4 Å². The van der Waals surface area contributed by atoms with E-state index in [0.717, 1.165) is 24.3 Å². The molecule has 2 atom stereocenters. The second-order valence-electron chi connectivity index (χ2n) is 8.46. The molecule has 4 N–H and O–H groups in total. The number of rotatable bonds is 5. The molecule has 3 aromatic rings. The highest BCUT2D eigenvalue weighted by Gasteiger charge is 2.67. The fraction of sp³-hybridized carbons (Fsp3) is 0.167.